The van der Waals surface area contributed by atoms with Crippen molar-refractivity contribution in [2.45, 2.75) is 34.2 Å². The molecule has 0 saturated carbocycles. The highest BCUT2D eigenvalue weighted by Gasteiger charge is 2.20. The quantitative estimate of drug-likeness (QED) is 0.804. The van der Waals surface area contributed by atoms with Crippen LogP contribution < -0.4 is 5.32 Å². The molecule has 0 atom stereocenters. The van der Waals surface area contributed by atoms with Gasteiger partial charge in [-0.3, -0.25) is 9.78 Å². The van der Waals surface area contributed by atoms with Gasteiger partial charge in [0.15, 0.2) is 0 Å². The maximum atomic E-state index is 11.6. The van der Waals surface area contributed by atoms with Crippen LogP contribution in [-0.2, 0) is 11.3 Å². The molecule has 3 heteroatoms. The first-order chi connectivity index (χ1) is 6.89. The van der Waals surface area contributed by atoms with Gasteiger partial charge in [-0.1, -0.05) is 26.8 Å². The van der Waals surface area contributed by atoms with Gasteiger partial charge in [0, 0.05) is 24.4 Å². The summed E-state index contributed by atoms with van der Waals surface area (Å²) in [5.74, 6) is 0.0593. The van der Waals surface area contributed by atoms with Crippen LogP contribution in [-0.4, -0.2) is 10.9 Å². The predicted octanol–water partition coefficient (Wildman–Crippen LogP) is 2.05. The predicted molar refractivity (Wildman–Crippen MR) is 60.3 cm³/mol. The van der Waals surface area contributed by atoms with Crippen molar-refractivity contribution in [2.24, 2.45) is 5.41 Å². The molecule has 1 rings (SSSR count). The highest BCUT2D eigenvalue weighted by atomic mass is 16.2. The Morgan fingerprint density at radius 3 is 2.60 bits per heavy atom. The van der Waals surface area contributed by atoms with Gasteiger partial charge in [-0.25, -0.2) is 0 Å². The normalized spacial score (nSPS) is 11.2. The van der Waals surface area contributed by atoms with E-state index in [-0.39, 0.29) is 11.3 Å². The third kappa shape index (κ3) is 3.70. The summed E-state index contributed by atoms with van der Waals surface area (Å²) in [6.07, 6.45) is 3.57. The summed E-state index contributed by atoms with van der Waals surface area (Å²) in [7, 11) is 0. The number of carbonyl (C=O) groups is 1. The Labute approximate surface area is 90.9 Å². The minimum absolute atomic E-state index is 0.0593. The van der Waals surface area contributed by atoms with Crippen LogP contribution in [0.2, 0.25) is 0 Å². The van der Waals surface area contributed by atoms with E-state index in [0.29, 0.717) is 6.54 Å². The molecule has 82 valence electrons. The average molecular weight is 206 g/mol. The number of rotatable bonds is 2. The molecule has 1 heterocycles. The van der Waals surface area contributed by atoms with E-state index in [9.17, 15) is 4.79 Å². The van der Waals surface area contributed by atoms with Crippen LogP contribution in [0.1, 0.15) is 31.9 Å². The number of aryl methyl sites for hydroxylation is 1. The number of aromatic nitrogens is 1. The third-order valence-corrected chi connectivity index (χ3v) is 2.07. The Morgan fingerprint density at radius 2 is 2.07 bits per heavy atom. The Hall–Kier alpha value is -1.38. The van der Waals surface area contributed by atoms with Crippen molar-refractivity contribution in [1.29, 1.82) is 0 Å². The summed E-state index contributed by atoms with van der Waals surface area (Å²) in [6, 6.07) is 2.02. The largest absolute Gasteiger partial charge is 0.352 e. The van der Waals surface area contributed by atoms with E-state index in [1.807, 2.05) is 33.8 Å². The van der Waals surface area contributed by atoms with Gasteiger partial charge in [0.05, 0.1) is 0 Å². The summed E-state index contributed by atoms with van der Waals surface area (Å²) in [4.78, 5) is 15.7. The van der Waals surface area contributed by atoms with Crippen molar-refractivity contribution in [2.75, 3.05) is 0 Å². The Kier molecular flexibility index (Phi) is 3.45. The monoisotopic (exact) mass is 206 g/mol. The van der Waals surface area contributed by atoms with Gasteiger partial charge in [0.25, 0.3) is 0 Å². The van der Waals surface area contributed by atoms with Crippen molar-refractivity contribution in [3.05, 3.63) is 29.6 Å². The van der Waals surface area contributed by atoms with Gasteiger partial charge in [-0.2, -0.15) is 0 Å². The van der Waals surface area contributed by atoms with Crippen LogP contribution in [0, 0.1) is 12.3 Å². The molecule has 1 aromatic heterocycles. The molecule has 0 aliphatic heterocycles. The fraction of sp³-hybridized carbons (Fsp3) is 0.500. The number of nitrogens with one attached hydrogen (secondary N) is 1. The maximum Gasteiger partial charge on any atom is 0.225 e. The molecule has 0 aliphatic carbocycles. The smallest absolute Gasteiger partial charge is 0.225 e. The first-order valence-corrected chi connectivity index (χ1v) is 5.08. The van der Waals surface area contributed by atoms with Crippen molar-refractivity contribution < 1.29 is 4.79 Å². The van der Waals surface area contributed by atoms with E-state index >= 15 is 0 Å². The zero-order valence-electron chi connectivity index (χ0n) is 9.79. The molecule has 0 spiro atoms. The number of pyridine rings is 1. The molecule has 0 aliphatic rings. The second kappa shape index (κ2) is 4.43. The second-order valence-electron chi connectivity index (χ2n) is 4.80. The average Bonchev–Trinajstić information content (AvgIpc) is 2.12. The maximum absolute atomic E-state index is 11.6. The van der Waals surface area contributed by atoms with E-state index in [0.717, 1.165) is 11.1 Å². The molecule has 15 heavy (non-hydrogen) atoms. The van der Waals surface area contributed by atoms with E-state index in [2.05, 4.69) is 10.3 Å². The van der Waals surface area contributed by atoms with Crippen molar-refractivity contribution in [3.8, 4) is 0 Å². The van der Waals surface area contributed by atoms with Crippen LogP contribution in [0.4, 0.5) is 0 Å². The highest BCUT2D eigenvalue weighted by Crippen LogP contribution is 2.12. The van der Waals surface area contributed by atoms with Crippen molar-refractivity contribution in [3.63, 3.8) is 0 Å². The Balaban J connectivity index is 2.55. The first kappa shape index (κ1) is 11.7. The van der Waals surface area contributed by atoms with Gasteiger partial charge >= 0.3 is 0 Å². The fourth-order valence-electron chi connectivity index (χ4n) is 1.16. The second-order valence-corrected chi connectivity index (χ2v) is 4.80. The molecule has 0 bridgehead atoms. The summed E-state index contributed by atoms with van der Waals surface area (Å²) < 4.78 is 0. The molecule has 1 aromatic rings. The van der Waals surface area contributed by atoms with Gasteiger partial charge in [0.2, 0.25) is 5.91 Å². The molecular formula is C12H18N2O. The van der Waals surface area contributed by atoms with E-state index in [1.165, 1.54) is 0 Å². The number of carbonyl (C=O) groups excluding carboxylic acids is 1. The van der Waals surface area contributed by atoms with Crippen LogP contribution in [0.25, 0.3) is 0 Å². The van der Waals surface area contributed by atoms with E-state index in [4.69, 9.17) is 0 Å². The standard InChI is InChI=1S/C12H18N2O/c1-9-5-10(7-13-6-9)8-14-11(15)12(2,3)4/h5-7H,8H2,1-4H3,(H,14,15). The van der Waals surface area contributed by atoms with Gasteiger partial charge in [-0.05, 0) is 18.1 Å². The Morgan fingerprint density at radius 1 is 1.40 bits per heavy atom. The molecule has 1 amide bonds. The number of hydrogen-bond acceptors (Lipinski definition) is 2. The van der Waals surface area contributed by atoms with Crippen LogP contribution >= 0.6 is 0 Å². The van der Waals surface area contributed by atoms with Crippen LogP contribution in [0.3, 0.4) is 0 Å². The minimum atomic E-state index is -0.336. The lowest BCUT2D eigenvalue weighted by Crippen LogP contribution is -2.34. The summed E-state index contributed by atoms with van der Waals surface area (Å²) >= 11 is 0. The van der Waals surface area contributed by atoms with Gasteiger partial charge in [0.1, 0.15) is 0 Å². The molecule has 0 aromatic carbocycles. The van der Waals surface area contributed by atoms with Gasteiger partial charge < -0.3 is 5.32 Å². The van der Waals surface area contributed by atoms with Crippen LogP contribution in [0.5, 0.6) is 0 Å². The lowest BCUT2D eigenvalue weighted by Gasteiger charge is -2.17. The SMILES string of the molecule is Cc1cncc(CNC(=O)C(C)(C)C)c1. The fourth-order valence-corrected chi connectivity index (χ4v) is 1.16. The molecule has 0 radical (unpaired) electrons. The molecular weight excluding hydrogens is 188 g/mol. The van der Waals surface area contributed by atoms with Crippen molar-refractivity contribution in [1.82, 2.24) is 10.3 Å². The summed E-state index contributed by atoms with van der Waals surface area (Å²) in [5.41, 5.74) is 1.81. The third-order valence-electron chi connectivity index (χ3n) is 2.07. The van der Waals surface area contributed by atoms with E-state index < -0.39 is 0 Å². The number of nitrogens with zero attached hydrogens (tertiary/aromatic N) is 1. The molecule has 1 N–H and O–H groups in total. The lowest BCUT2D eigenvalue weighted by molar-refractivity contribution is -0.128. The lowest BCUT2D eigenvalue weighted by atomic mass is 9.95. The zero-order chi connectivity index (χ0) is 11.5. The number of hydrogen-bond donors (Lipinski definition) is 1. The topological polar surface area (TPSA) is 42.0 Å². The molecule has 0 fully saturated rings. The number of amides is 1. The molecule has 3 nitrogen and oxygen atoms in total. The minimum Gasteiger partial charge on any atom is -0.352 e. The zero-order valence-corrected chi connectivity index (χ0v) is 9.79. The van der Waals surface area contributed by atoms with Crippen molar-refractivity contribution >= 4 is 5.91 Å². The Bertz CT molecular complexity index is 353. The first-order valence-electron chi connectivity index (χ1n) is 5.08. The van der Waals surface area contributed by atoms with Gasteiger partial charge in [-0.15, -0.1) is 0 Å². The highest BCUT2D eigenvalue weighted by molar-refractivity contribution is 5.81. The molecule has 0 saturated heterocycles. The summed E-state index contributed by atoms with van der Waals surface area (Å²) in [5, 5.41) is 2.89. The van der Waals surface area contributed by atoms with Crippen LogP contribution in [0.15, 0.2) is 18.5 Å². The summed E-state index contributed by atoms with van der Waals surface area (Å²) in [6.45, 7) is 8.23. The van der Waals surface area contributed by atoms with E-state index in [1.54, 1.807) is 12.4 Å². The molecule has 0 unspecified atom stereocenters.